The molecule has 1 aromatic rings. The average molecular weight is 269 g/mol. The lowest BCUT2D eigenvalue weighted by Gasteiger charge is -2.13. The van der Waals surface area contributed by atoms with Gasteiger partial charge in [0.25, 0.3) is 0 Å². The number of halogens is 3. The maximum absolute atomic E-state index is 10.6. The number of carboxylic acid groups (broad SMARTS) is 1. The van der Waals surface area contributed by atoms with E-state index in [-0.39, 0.29) is 10.0 Å². The molecular formula is C9H8Cl3NO2. The molecule has 0 unspecified atom stereocenters. The van der Waals surface area contributed by atoms with E-state index in [9.17, 15) is 4.79 Å². The zero-order valence-electron chi connectivity index (χ0n) is 7.72. The van der Waals surface area contributed by atoms with Gasteiger partial charge in [0.1, 0.15) is 6.04 Å². The molecule has 0 fully saturated rings. The predicted molar refractivity (Wildman–Crippen MR) is 62.2 cm³/mol. The third-order valence-electron chi connectivity index (χ3n) is 1.74. The third-order valence-corrected chi connectivity index (χ3v) is 2.76. The van der Waals surface area contributed by atoms with Crippen LogP contribution in [0.15, 0.2) is 12.1 Å². The Balaban J connectivity index is 2.99. The van der Waals surface area contributed by atoms with Crippen LogP contribution in [0.25, 0.3) is 0 Å². The van der Waals surface area contributed by atoms with Crippen molar-refractivity contribution >= 4 is 46.5 Å². The van der Waals surface area contributed by atoms with E-state index < -0.39 is 12.0 Å². The smallest absolute Gasteiger partial charge is 0.325 e. The highest BCUT2D eigenvalue weighted by Gasteiger charge is 2.14. The maximum atomic E-state index is 10.6. The standard InChI is InChI=1S/C9H8Cl3NO2/c1-4(9(14)15)13-7-3-5(10)2-6(11)8(7)12/h2-4,13H,1H3,(H,14,15)/t4-/m0/s1. The number of anilines is 1. The van der Waals surface area contributed by atoms with Crippen molar-refractivity contribution in [3.63, 3.8) is 0 Å². The van der Waals surface area contributed by atoms with Gasteiger partial charge in [0.05, 0.1) is 15.7 Å². The van der Waals surface area contributed by atoms with Crippen molar-refractivity contribution in [1.29, 1.82) is 0 Å². The van der Waals surface area contributed by atoms with E-state index in [1.54, 1.807) is 0 Å². The van der Waals surface area contributed by atoms with E-state index in [0.29, 0.717) is 10.7 Å². The molecule has 0 bridgehead atoms. The van der Waals surface area contributed by atoms with Crippen LogP contribution in [0.3, 0.4) is 0 Å². The number of hydrogen-bond donors (Lipinski definition) is 2. The fourth-order valence-electron chi connectivity index (χ4n) is 0.956. The summed E-state index contributed by atoms with van der Waals surface area (Å²) in [4.78, 5) is 10.6. The number of nitrogens with one attached hydrogen (secondary N) is 1. The largest absolute Gasteiger partial charge is 0.480 e. The van der Waals surface area contributed by atoms with Crippen molar-refractivity contribution in [2.45, 2.75) is 13.0 Å². The summed E-state index contributed by atoms with van der Waals surface area (Å²) < 4.78 is 0. The van der Waals surface area contributed by atoms with E-state index in [1.807, 2.05) is 0 Å². The van der Waals surface area contributed by atoms with E-state index in [4.69, 9.17) is 39.9 Å². The van der Waals surface area contributed by atoms with Crippen LogP contribution in [0.2, 0.25) is 15.1 Å². The normalized spacial score (nSPS) is 12.3. The van der Waals surface area contributed by atoms with Crippen LogP contribution >= 0.6 is 34.8 Å². The van der Waals surface area contributed by atoms with Crippen LogP contribution in [0.5, 0.6) is 0 Å². The number of aliphatic carboxylic acids is 1. The Morgan fingerprint density at radius 2 is 2.00 bits per heavy atom. The molecule has 1 rings (SSSR count). The average Bonchev–Trinajstić information content (AvgIpc) is 2.13. The molecule has 0 aliphatic rings. The summed E-state index contributed by atoms with van der Waals surface area (Å²) in [5.41, 5.74) is 0.407. The van der Waals surface area contributed by atoms with Gasteiger partial charge in [0, 0.05) is 5.02 Å². The molecule has 1 atom stereocenters. The molecule has 3 nitrogen and oxygen atoms in total. The number of benzene rings is 1. The van der Waals surface area contributed by atoms with Crippen molar-refractivity contribution in [2.24, 2.45) is 0 Å². The molecule has 0 aromatic heterocycles. The molecule has 0 heterocycles. The first kappa shape index (κ1) is 12.4. The van der Waals surface area contributed by atoms with Gasteiger partial charge in [-0.05, 0) is 19.1 Å². The van der Waals surface area contributed by atoms with Gasteiger partial charge in [-0.1, -0.05) is 34.8 Å². The Morgan fingerprint density at radius 1 is 1.40 bits per heavy atom. The maximum Gasteiger partial charge on any atom is 0.325 e. The van der Waals surface area contributed by atoms with Crippen LogP contribution in [0.4, 0.5) is 5.69 Å². The molecule has 0 radical (unpaired) electrons. The second-order valence-electron chi connectivity index (χ2n) is 2.95. The SMILES string of the molecule is C[C@H](Nc1cc(Cl)cc(Cl)c1Cl)C(=O)O. The molecule has 0 spiro atoms. The number of hydrogen-bond acceptors (Lipinski definition) is 2. The molecule has 15 heavy (non-hydrogen) atoms. The van der Waals surface area contributed by atoms with Crippen LogP contribution in [-0.2, 0) is 4.79 Å². The van der Waals surface area contributed by atoms with Gasteiger partial charge in [-0.25, -0.2) is 0 Å². The Kier molecular flexibility index (Phi) is 4.08. The summed E-state index contributed by atoms with van der Waals surface area (Å²) in [6, 6.07) is 2.24. The van der Waals surface area contributed by atoms with Crippen LogP contribution in [0, 0.1) is 0 Å². The number of carbonyl (C=O) groups is 1. The van der Waals surface area contributed by atoms with Crippen LogP contribution in [0.1, 0.15) is 6.92 Å². The van der Waals surface area contributed by atoms with Gasteiger partial charge in [0.15, 0.2) is 0 Å². The molecule has 0 saturated carbocycles. The Morgan fingerprint density at radius 3 is 2.53 bits per heavy atom. The lowest BCUT2D eigenvalue weighted by atomic mass is 10.2. The summed E-state index contributed by atoms with van der Waals surface area (Å²) in [6.45, 7) is 1.49. The van der Waals surface area contributed by atoms with Crippen molar-refractivity contribution in [3.05, 3.63) is 27.2 Å². The lowest BCUT2D eigenvalue weighted by molar-refractivity contribution is -0.137. The molecule has 1 aromatic carbocycles. The topological polar surface area (TPSA) is 49.3 Å². The minimum Gasteiger partial charge on any atom is -0.480 e. The zero-order chi connectivity index (χ0) is 11.6. The van der Waals surface area contributed by atoms with Crippen molar-refractivity contribution in [1.82, 2.24) is 0 Å². The molecule has 2 N–H and O–H groups in total. The molecule has 0 aliphatic carbocycles. The highest BCUT2D eigenvalue weighted by atomic mass is 35.5. The first-order valence-corrected chi connectivity index (χ1v) is 5.19. The molecule has 0 saturated heterocycles. The van der Waals surface area contributed by atoms with Crippen LogP contribution < -0.4 is 5.32 Å². The van der Waals surface area contributed by atoms with Gasteiger partial charge >= 0.3 is 5.97 Å². The van der Waals surface area contributed by atoms with E-state index >= 15 is 0 Å². The Hall–Kier alpha value is -0.640. The Labute approximate surface area is 102 Å². The van der Waals surface area contributed by atoms with Gasteiger partial charge < -0.3 is 10.4 Å². The molecular weight excluding hydrogens is 260 g/mol. The molecule has 82 valence electrons. The fourth-order valence-corrected chi connectivity index (χ4v) is 1.61. The van der Waals surface area contributed by atoms with E-state index in [2.05, 4.69) is 5.32 Å². The van der Waals surface area contributed by atoms with Gasteiger partial charge in [-0.2, -0.15) is 0 Å². The number of carboxylic acids is 1. The van der Waals surface area contributed by atoms with E-state index in [0.717, 1.165) is 0 Å². The molecule has 6 heteroatoms. The summed E-state index contributed by atoms with van der Waals surface area (Å²) in [5.74, 6) is -0.984. The monoisotopic (exact) mass is 267 g/mol. The zero-order valence-corrected chi connectivity index (χ0v) is 9.99. The van der Waals surface area contributed by atoms with E-state index in [1.165, 1.54) is 19.1 Å². The van der Waals surface area contributed by atoms with Gasteiger partial charge in [-0.3, -0.25) is 4.79 Å². The van der Waals surface area contributed by atoms with Crippen molar-refractivity contribution in [3.8, 4) is 0 Å². The fraction of sp³-hybridized carbons (Fsp3) is 0.222. The summed E-state index contributed by atoms with van der Waals surface area (Å²) in [7, 11) is 0. The highest BCUT2D eigenvalue weighted by molar-refractivity contribution is 6.45. The third kappa shape index (κ3) is 3.16. The molecule has 0 amide bonds. The minimum absolute atomic E-state index is 0.258. The quantitative estimate of drug-likeness (QED) is 0.825. The first-order valence-electron chi connectivity index (χ1n) is 4.05. The van der Waals surface area contributed by atoms with Crippen molar-refractivity contribution < 1.29 is 9.90 Å². The summed E-state index contributed by atoms with van der Waals surface area (Å²) in [5, 5.41) is 12.3. The second kappa shape index (κ2) is 4.92. The summed E-state index contributed by atoms with van der Waals surface area (Å²) in [6.07, 6.45) is 0. The van der Waals surface area contributed by atoms with Crippen LogP contribution in [-0.4, -0.2) is 17.1 Å². The highest BCUT2D eigenvalue weighted by Crippen LogP contribution is 2.33. The van der Waals surface area contributed by atoms with Crippen molar-refractivity contribution in [2.75, 3.05) is 5.32 Å². The molecule has 0 aliphatic heterocycles. The minimum atomic E-state index is -0.984. The Bertz CT molecular complexity index is 395. The lowest BCUT2D eigenvalue weighted by Crippen LogP contribution is -2.25. The second-order valence-corrected chi connectivity index (χ2v) is 4.18. The van der Waals surface area contributed by atoms with Gasteiger partial charge in [-0.15, -0.1) is 0 Å². The first-order chi connectivity index (χ1) is 6.91. The summed E-state index contributed by atoms with van der Waals surface area (Å²) >= 11 is 17.4. The number of rotatable bonds is 3. The predicted octanol–water partition coefficient (Wildman–Crippen LogP) is 3.53. The van der Waals surface area contributed by atoms with Gasteiger partial charge in [0.2, 0.25) is 0 Å².